The SMILES string of the molecule is CCC(CCc1ccc(C2CC2C(F)(F)F)cc1)N(CCc1ccccc1)C(C)C. The van der Waals surface area contributed by atoms with Crippen LogP contribution in [0, 0.1) is 5.92 Å². The first kappa shape index (κ1) is 22.9. The normalized spacial score (nSPS) is 20.0. The largest absolute Gasteiger partial charge is 0.392 e. The van der Waals surface area contributed by atoms with Crippen LogP contribution in [0.4, 0.5) is 13.2 Å². The minimum atomic E-state index is -4.06. The predicted octanol–water partition coefficient (Wildman–Crippen LogP) is 7.02. The Morgan fingerprint density at radius 1 is 0.933 bits per heavy atom. The lowest BCUT2D eigenvalue weighted by Gasteiger charge is -2.35. The average Bonchev–Trinajstić information content (AvgIpc) is 3.53. The van der Waals surface area contributed by atoms with Gasteiger partial charge in [-0.05, 0) is 68.6 Å². The molecule has 0 aliphatic heterocycles. The molecule has 0 heterocycles. The number of benzene rings is 2. The number of nitrogens with zero attached hydrogens (tertiary/aromatic N) is 1. The Hall–Kier alpha value is -1.81. The van der Waals surface area contributed by atoms with Gasteiger partial charge in [0.1, 0.15) is 0 Å². The number of halogens is 3. The lowest BCUT2D eigenvalue weighted by atomic mass is 9.98. The first-order valence-corrected chi connectivity index (χ1v) is 11.2. The zero-order valence-corrected chi connectivity index (χ0v) is 18.3. The summed E-state index contributed by atoms with van der Waals surface area (Å²) in [5.74, 6) is -1.48. The van der Waals surface area contributed by atoms with Crippen LogP contribution < -0.4 is 0 Å². The monoisotopic (exact) mass is 417 g/mol. The van der Waals surface area contributed by atoms with Crippen LogP contribution in [-0.2, 0) is 12.8 Å². The summed E-state index contributed by atoms with van der Waals surface area (Å²) in [6.45, 7) is 7.81. The third-order valence-corrected chi connectivity index (χ3v) is 6.49. The molecule has 0 spiro atoms. The Kier molecular flexibility index (Phi) is 7.62. The highest BCUT2D eigenvalue weighted by molar-refractivity contribution is 5.30. The van der Waals surface area contributed by atoms with Crippen LogP contribution in [0.2, 0.25) is 0 Å². The summed E-state index contributed by atoms with van der Waals surface area (Å²) in [6, 6.07) is 19.5. The first-order chi connectivity index (χ1) is 14.3. The molecule has 1 aliphatic rings. The van der Waals surface area contributed by atoms with Crippen LogP contribution in [0.1, 0.15) is 62.6 Å². The van der Waals surface area contributed by atoms with Crippen molar-refractivity contribution in [3.63, 3.8) is 0 Å². The molecule has 1 nitrogen and oxygen atoms in total. The molecule has 1 fully saturated rings. The van der Waals surface area contributed by atoms with E-state index in [1.165, 1.54) is 11.1 Å². The van der Waals surface area contributed by atoms with E-state index < -0.39 is 12.1 Å². The van der Waals surface area contributed by atoms with Crippen molar-refractivity contribution < 1.29 is 13.2 Å². The number of rotatable bonds is 10. The van der Waals surface area contributed by atoms with Gasteiger partial charge >= 0.3 is 6.18 Å². The molecule has 3 atom stereocenters. The zero-order valence-electron chi connectivity index (χ0n) is 18.3. The molecule has 0 amide bonds. The molecular formula is C26H34F3N. The quantitative estimate of drug-likeness (QED) is 0.402. The summed E-state index contributed by atoms with van der Waals surface area (Å²) >= 11 is 0. The minimum Gasteiger partial charge on any atom is -0.298 e. The zero-order chi connectivity index (χ0) is 21.7. The molecular weight excluding hydrogens is 383 g/mol. The molecule has 3 rings (SSSR count). The summed E-state index contributed by atoms with van der Waals surface area (Å²) < 4.78 is 38.4. The Bertz CT molecular complexity index is 767. The Balaban J connectivity index is 1.54. The molecule has 0 aromatic heterocycles. The van der Waals surface area contributed by atoms with Gasteiger partial charge in [-0.25, -0.2) is 0 Å². The highest BCUT2D eigenvalue weighted by Gasteiger charge is 2.55. The van der Waals surface area contributed by atoms with Crippen LogP contribution in [0.15, 0.2) is 54.6 Å². The molecule has 4 heteroatoms. The van der Waals surface area contributed by atoms with E-state index in [9.17, 15) is 13.2 Å². The van der Waals surface area contributed by atoms with Gasteiger partial charge in [-0.2, -0.15) is 13.2 Å². The molecule has 0 radical (unpaired) electrons. The van der Waals surface area contributed by atoms with E-state index >= 15 is 0 Å². The summed E-state index contributed by atoms with van der Waals surface area (Å²) in [4.78, 5) is 2.60. The third kappa shape index (κ3) is 6.10. The smallest absolute Gasteiger partial charge is 0.298 e. The second-order valence-corrected chi connectivity index (χ2v) is 8.90. The van der Waals surface area contributed by atoms with Gasteiger partial charge < -0.3 is 0 Å². The highest BCUT2D eigenvalue weighted by Crippen LogP contribution is 2.56. The van der Waals surface area contributed by atoms with Crippen molar-refractivity contribution in [3.8, 4) is 0 Å². The highest BCUT2D eigenvalue weighted by atomic mass is 19.4. The summed E-state index contributed by atoms with van der Waals surface area (Å²) in [6.07, 6.45) is 0.355. The second kappa shape index (κ2) is 10.00. The van der Waals surface area contributed by atoms with E-state index in [0.29, 0.717) is 12.1 Å². The fraction of sp³-hybridized carbons (Fsp3) is 0.538. The van der Waals surface area contributed by atoms with E-state index in [2.05, 4.69) is 56.0 Å². The van der Waals surface area contributed by atoms with Gasteiger partial charge in [0.15, 0.2) is 0 Å². The maximum atomic E-state index is 12.8. The van der Waals surface area contributed by atoms with Crippen LogP contribution in [0.25, 0.3) is 0 Å². The molecule has 1 saturated carbocycles. The third-order valence-electron chi connectivity index (χ3n) is 6.49. The van der Waals surface area contributed by atoms with Crippen LogP contribution in [0.5, 0.6) is 0 Å². The molecule has 2 aromatic carbocycles. The molecule has 0 saturated heterocycles. The minimum absolute atomic E-state index is 0.242. The summed E-state index contributed by atoms with van der Waals surface area (Å²) in [5.41, 5.74) is 3.42. The van der Waals surface area contributed by atoms with Crippen molar-refractivity contribution in [2.24, 2.45) is 5.92 Å². The van der Waals surface area contributed by atoms with E-state index in [-0.39, 0.29) is 12.3 Å². The summed E-state index contributed by atoms with van der Waals surface area (Å²) in [5, 5.41) is 0. The molecule has 3 unspecified atom stereocenters. The van der Waals surface area contributed by atoms with Gasteiger partial charge in [-0.15, -0.1) is 0 Å². The van der Waals surface area contributed by atoms with Gasteiger partial charge in [0.2, 0.25) is 0 Å². The first-order valence-electron chi connectivity index (χ1n) is 11.2. The lowest BCUT2D eigenvalue weighted by Crippen LogP contribution is -2.41. The van der Waals surface area contributed by atoms with Crippen LogP contribution in [0.3, 0.4) is 0 Å². The van der Waals surface area contributed by atoms with Crippen molar-refractivity contribution in [1.82, 2.24) is 4.90 Å². The number of hydrogen-bond acceptors (Lipinski definition) is 1. The summed E-state index contributed by atoms with van der Waals surface area (Å²) in [7, 11) is 0. The van der Waals surface area contributed by atoms with E-state index in [1.807, 2.05) is 24.3 Å². The van der Waals surface area contributed by atoms with E-state index in [0.717, 1.165) is 37.8 Å². The number of aryl methyl sites for hydroxylation is 1. The predicted molar refractivity (Wildman–Crippen MR) is 118 cm³/mol. The Morgan fingerprint density at radius 2 is 1.57 bits per heavy atom. The van der Waals surface area contributed by atoms with Gasteiger partial charge in [0.25, 0.3) is 0 Å². The van der Waals surface area contributed by atoms with Gasteiger partial charge in [0, 0.05) is 18.6 Å². The molecule has 2 aromatic rings. The average molecular weight is 418 g/mol. The molecule has 1 aliphatic carbocycles. The fourth-order valence-electron chi connectivity index (χ4n) is 4.56. The fourth-order valence-corrected chi connectivity index (χ4v) is 4.56. The number of alkyl halides is 3. The Morgan fingerprint density at radius 3 is 2.10 bits per heavy atom. The Labute approximate surface area is 179 Å². The van der Waals surface area contributed by atoms with Crippen molar-refractivity contribution in [3.05, 3.63) is 71.3 Å². The van der Waals surface area contributed by atoms with E-state index in [4.69, 9.17) is 0 Å². The van der Waals surface area contributed by atoms with Crippen molar-refractivity contribution in [1.29, 1.82) is 0 Å². The molecule has 164 valence electrons. The van der Waals surface area contributed by atoms with Gasteiger partial charge in [0.05, 0.1) is 5.92 Å². The van der Waals surface area contributed by atoms with Crippen molar-refractivity contribution >= 4 is 0 Å². The second-order valence-electron chi connectivity index (χ2n) is 8.90. The van der Waals surface area contributed by atoms with Crippen molar-refractivity contribution in [2.45, 2.75) is 77.1 Å². The topological polar surface area (TPSA) is 3.24 Å². The van der Waals surface area contributed by atoms with E-state index in [1.54, 1.807) is 0 Å². The standard InChI is InChI=1S/C26H34F3N/c1-4-23(30(19(2)3)17-16-20-8-6-5-7-9-20)15-12-21-10-13-22(14-11-21)24-18-25(24)26(27,28)29/h5-11,13-14,19,23-25H,4,12,15-18H2,1-3H3. The van der Waals surface area contributed by atoms with Crippen LogP contribution in [-0.4, -0.2) is 29.7 Å². The van der Waals surface area contributed by atoms with Gasteiger partial charge in [-0.1, -0.05) is 61.5 Å². The lowest BCUT2D eigenvalue weighted by molar-refractivity contribution is -0.148. The molecule has 30 heavy (non-hydrogen) atoms. The van der Waals surface area contributed by atoms with Gasteiger partial charge in [-0.3, -0.25) is 4.90 Å². The number of hydrogen-bond donors (Lipinski definition) is 0. The molecule has 0 N–H and O–H groups in total. The van der Waals surface area contributed by atoms with Crippen molar-refractivity contribution in [2.75, 3.05) is 6.54 Å². The molecule has 0 bridgehead atoms. The van der Waals surface area contributed by atoms with Crippen LogP contribution >= 0.6 is 0 Å². The maximum absolute atomic E-state index is 12.8. The maximum Gasteiger partial charge on any atom is 0.392 e.